The number of fused-ring (bicyclic) bond motifs is 5. The molecule has 0 aromatic heterocycles. The number of carbonyl (C=O) groups excluding carboxylic acids is 1. The lowest BCUT2D eigenvalue weighted by atomic mass is 9.50. The predicted octanol–water partition coefficient (Wildman–Crippen LogP) is 4.13. The number of hydrogen-bond acceptors (Lipinski definition) is 2. The van der Waals surface area contributed by atoms with E-state index in [2.05, 4.69) is 20.8 Å². The molecule has 0 aliphatic heterocycles. The summed E-state index contributed by atoms with van der Waals surface area (Å²) in [5.41, 5.74) is 1.45. The first kappa shape index (κ1) is 14.9. The summed E-state index contributed by atoms with van der Waals surface area (Å²) in [5, 5.41) is 10.5. The van der Waals surface area contributed by atoms with E-state index in [9.17, 15) is 9.90 Å². The van der Waals surface area contributed by atoms with Gasteiger partial charge in [-0.2, -0.15) is 0 Å². The minimum Gasteiger partial charge on any atom is -0.393 e. The molecule has 0 unspecified atom stereocenters. The van der Waals surface area contributed by atoms with Gasteiger partial charge in [0, 0.05) is 5.41 Å². The molecule has 22 heavy (non-hydrogen) atoms. The molecule has 4 aliphatic rings. The van der Waals surface area contributed by atoms with E-state index in [1.807, 2.05) is 6.08 Å². The molecule has 3 fully saturated rings. The molecule has 6 atom stereocenters. The quantitative estimate of drug-likeness (QED) is 0.730. The summed E-state index contributed by atoms with van der Waals surface area (Å²) < 4.78 is 0. The van der Waals surface area contributed by atoms with Crippen molar-refractivity contribution in [1.29, 1.82) is 0 Å². The van der Waals surface area contributed by atoms with Crippen LogP contribution in [0.2, 0.25) is 0 Å². The zero-order valence-electron chi connectivity index (χ0n) is 14.3. The second-order valence-electron chi connectivity index (χ2n) is 9.39. The van der Waals surface area contributed by atoms with Crippen LogP contribution in [-0.4, -0.2) is 17.0 Å². The van der Waals surface area contributed by atoms with E-state index in [0.29, 0.717) is 17.6 Å². The first-order valence-corrected chi connectivity index (χ1v) is 9.26. The summed E-state index contributed by atoms with van der Waals surface area (Å²) in [6.45, 7) is 6.59. The highest BCUT2D eigenvalue weighted by Crippen LogP contribution is 2.62. The maximum Gasteiger partial charge on any atom is 0.161 e. The third-order valence-electron chi connectivity index (χ3n) is 7.92. The van der Waals surface area contributed by atoms with E-state index < -0.39 is 0 Å². The van der Waals surface area contributed by atoms with Gasteiger partial charge >= 0.3 is 0 Å². The summed E-state index contributed by atoms with van der Waals surface area (Å²) in [5.74, 6) is 3.23. The zero-order valence-corrected chi connectivity index (χ0v) is 14.3. The van der Waals surface area contributed by atoms with E-state index in [0.717, 1.165) is 31.1 Å². The molecule has 0 aromatic rings. The second kappa shape index (κ2) is 4.69. The van der Waals surface area contributed by atoms with Crippen LogP contribution in [0.1, 0.15) is 65.7 Å². The van der Waals surface area contributed by atoms with Gasteiger partial charge < -0.3 is 5.11 Å². The highest BCUT2D eigenvalue weighted by Gasteiger charge is 2.56. The van der Waals surface area contributed by atoms with Crippen LogP contribution in [0.3, 0.4) is 0 Å². The lowest BCUT2D eigenvalue weighted by molar-refractivity contribution is -0.125. The molecule has 4 aliphatic carbocycles. The van der Waals surface area contributed by atoms with Gasteiger partial charge in [0.15, 0.2) is 5.78 Å². The van der Waals surface area contributed by atoms with Gasteiger partial charge in [0.25, 0.3) is 0 Å². The van der Waals surface area contributed by atoms with Crippen molar-refractivity contribution < 1.29 is 9.90 Å². The molecule has 0 radical (unpaired) electrons. The van der Waals surface area contributed by atoms with Crippen LogP contribution < -0.4 is 0 Å². The highest BCUT2D eigenvalue weighted by atomic mass is 16.3. The topological polar surface area (TPSA) is 37.3 Å². The molecule has 0 bridgehead atoms. The van der Waals surface area contributed by atoms with Crippen molar-refractivity contribution in [2.24, 2.45) is 34.5 Å². The first-order valence-electron chi connectivity index (χ1n) is 9.26. The lowest BCUT2D eigenvalue weighted by Gasteiger charge is -2.54. The Morgan fingerprint density at radius 2 is 1.86 bits per heavy atom. The number of aliphatic hydroxyl groups is 1. The van der Waals surface area contributed by atoms with Crippen molar-refractivity contribution in [3.05, 3.63) is 11.6 Å². The van der Waals surface area contributed by atoms with Crippen molar-refractivity contribution in [2.45, 2.75) is 71.8 Å². The molecular weight excluding hydrogens is 272 g/mol. The smallest absolute Gasteiger partial charge is 0.161 e. The van der Waals surface area contributed by atoms with Crippen molar-refractivity contribution in [2.75, 3.05) is 0 Å². The Bertz CT molecular complexity index is 532. The average Bonchev–Trinajstić information content (AvgIpc) is 2.76. The van der Waals surface area contributed by atoms with Crippen molar-refractivity contribution in [3.63, 3.8) is 0 Å². The van der Waals surface area contributed by atoms with E-state index >= 15 is 0 Å². The average molecular weight is 302 g/mol. The molecule has 3 saturated carbocycles. The van der Waals surface area contributed by atoms with Gasteiger partial charge in [-0.15, -0.1) is 0 Å². The fourth-order valence-electron chi connectivity index (χ4n) is 6.47. The summed E-state index contributed by atoms with van der Waals surface area (Å²) in [4.78, 5) is 12.3. The first-order chi connectivity index (χ1) is 10.3. The number of rotatable bonds is 0. The fourth-order valence-corrected chi connectivity index (χ4v) is 6.47. The minimum atomic E-state index is -0.175. The van der Waals surface area contributed by atoms with Crippen LogP contribution in [0.5, 0.6) is 0 Å². The number of allylic oxidation sites excluding steroid dienone is 1. The van der Waals surface area contributed by atoms with Gasteiger partial charge in [-0.25, -0.2) is 0 Å². The van der Waals surface area contributed by atoms with Gasteiger partial charge in [0.2, 0.25) is 0 Å². The second-order valence-corrected chi connectivity index (χ2v) is 9.39. The molecule has 122 valence electrons. The molecule has 0 saturated heterocycles. The molecular formula is C20H30O2. The Kier molecular flexibility index (Phi) is 3.18. The van der Waals surface area contributed by atoms with E-state index in [1.54, 1.807) is 0 Å². The minimum absolute atomic E-state index is 0.0836. The van der Waals surface area contributed by atoms with Crippen molar-refractivity contribution in [1.82, 2.24) is 0 Å². The van der Waals surface area contributed by atoms with Crippen LogP contribution in [0.15, 0.2) is 11.6 Å². The third-order valence-corrected chi connectivity index (χ3v) is 7.92. The van der Waals surface area contributed by atoms with Crippen molar-refractivity contribution in [3.8, 4) is 0 Å². The molecule has 0 aromatic carbocycles. The van der Waals surface area contributed by atoms with Gasteiger partial charge in [0.1, 0.15) is 0 Å². The largest absolute Gasteiger partial charge is 0.393 e. The summed E-state index contributed by atoms with van der Waals surface area (Å²) >= 11 is 0. The lowest BCUT2D eigenvalue weighted by Crippen LogP contribution is -2.49. The SMILES string of the molecule is CC1(C)C[C@H]2C(=CC1=O)CC[C@@H]1[C@@H]2CC[C@]2(C)[C@H](O)CC[C@@H]12. The number of aliphatic hydroxyl groups excluding tert-OH is 1. The standard InChI is InChI=1S/C20H30O2/c1-19(2)11-15-12(10-18(19)22)4-5-14-13(15)8-9-20(3)16(14)6-7-17(20)21/h10,13-17,21H,4-9,11H2,1-3H3/t13-,14+,15-,16-,17+,20-/m0/s1. The zero-order chi connectivity index (χ0) is 15.7. The fraction of sp³-hybridized carbons (Fsp3) is 0.850. The van der Waals surface area contributed by atoms with E-state index in [4.69, 9.17) is 0 Å². The normalized spacial score (nSPS) is 49.9. The molecule has 0 heterocycles. The molecule has 1 N–H and O–H groups in total. The van der Waals surface area contributed by atoms with Crippen LogP contribution in [0, 0.1) is 34.5 Å². The van der Waals surface area contributed by atoms with Crippen LogP contribution in [0.25, 0.3) is 0 Å². The van der Waals surface area contributed by atoms with Gasteiger partial charge in [-0.05, 0) is 80.1 Å². The van der Waals surface area contributed by atoms with Crippen LogP contribution >= 0.6 is 0 Å². The Morgan fingerprint density at radius 3 is 2.64 bits per heavy atom. The van der Waals surface area contributed by atoms with E-state index in [1.165, 1.54) is 31.3 Å². The highest BCUT2D eigenvalue weighted by molar-refractivity contribution is 5.96. The van der Waals surface area contributed by atoms with Crippen LogP contribution in [-0.2, 0) is 4.79 Å². The number of ketones is 1. The Morgan fingerprint density at radius 1 is 1.09 bits per heavy atom. The Labute approximate surface area is 134 Å². The van der Waals surface area contributed by atoms with Crippen molar-refractivity contribution >= 4 is 5.78 Å². The number of hydrogen-bond donors (Lipinski definition) is 1. The molecule has 4 rings (SSSR count). The molecule has 2 nitrogen and oxygen atoms in total. The number of carbonyl (C=O) groups is 1. The molecule has 0 amide bonds. The van der Waals surface area contributed by atoms with Gasteiger partial charge in [-0.1, -0.05) is 26.3 Å². The Balaban J connectivity index is 1.65. The summed E-state index contributed by atoms with van der Waals surface area (Å²) in [6, 6.07) is 0. The van der Waals surface area contributed by atoms with Gasteiger partial charge in [0.05, 0.1) is 6.10 Å². The maximum absolute atomic E-state index is 12.3. The predicted molar refractivity (Wildman–Crippen MR) is 87.3 cm³/mol. The van der Waals surface area contributed by atoms with E-state index in [-0.39, 0.29) is 16.9 Å². The monoisotopic (exact) mass is 302 g/mol. The van der Waals surface area contributed by atoms with Crippen LogP contribution in [0.4, 0.5) is 0 Å². The molecule has 2 heteroatoms. The summed E-state index contributed by atoms with van der Waals surface area (Å²) in [7, 11) is 0. The maximum atomic E-state index is 12.3. The summed E-state index contributed by atoms with van der Waals surface area (Å²) in [6.07, 6.45) is 9.98. The molecule has 0 spiro atoms. The van der Waals surface area contributed by atoms with Gasteiger partial charge in [-0.3, -0.25) is 4.79 Å². The Hall–Kier alpha value is -0.630. The third kappa shape index (κ3) is 1.92.